The molecule has 17 heavy (non-hydrogen) atoms. The van der Waals surface area contributed by atoms with Crippen LogP contribution in [-0.2, 0) is 6.54 Å². The zero-order valence-electron chi connectivity index (χ0n) is 11.0. The molecule has 1 aromatic rings. The zero-order valence-corrected chi connectivity index (χ0v) is 11.0. The SMILES string of the molecule is CCC(C#N)Oc1c(C)cc(CNC)cc1C. The third-order valence-corrected chi connectivity index (χ3v) is 2.68. The van der Waals surface area contributed by atoms with E-state index in [1.165, 1.54) is 5.56 Å². The summed E-state index contributed by atoms with van der Waals surface area (Å²) < 4.78 is 5.73. The lowest BCUT2D eigenvalue weighted by Crippen LogP contribution is -2.14. The van der Waals surface area contributed by atoms with Gasteiger partial charge in [-0.15, -0.1) is 0 Å². The van der Waals surface area contributed by atoms with Crippen LogP contribution < -0.4 is 10.1 Å². The minimum absolute atomic E-state index is 0.359. The highest BCUT2D eigenvalue weighted by Gasteiger charge is 2.11. The molecule has 0 radical (unpaired) electrons. The molecule has 0 saturated carbocycles. The average molecular weight is 232 g/mol. The number of nitriles is 1. The average Bonchev–Trinajstić information content (AvgIpc) is 2.29. The number of benzene rings is 1. The van der Waals surface area contributed by atoms with Gasteiger partial charge in [-0.3, -0.25) is 0 Å². The highest BCUT2D eigenvalue weighted by molar-refractivity contribution is 5.43. The van der Waals surface area contributed by atoms with E-state index in [2.05, 4.69) is 23.5 Å². The van der Waals surface area contributed by atoms with Gasteiger partial charge in [-0.25, -0.2) is 0 Å². The lowest BCUT2D eigenvalue weighted by molar-refractivity contribution is 0.248. The van der Waals surface area contributed by atoms with E-state index in [9.17, 15) is 0 Å². The van der Waals surface area contributed by atoms with Crippen molar-refractivity contribution in [3.05, 3.63) is 28.8 Å². The molecule has 0 saturated heterocycles. The summed E-state index contributed by atoms with van der Waals surface area (Å²) in [6.07, 6.45) is 0.343. The van der Waals surface area contributed by atoms with E-state index >= 15 is 0 Å². The number of hydrogen-bond donors (Lipinski definition) is 1. The highest BCUT2D eigenvalue weighted by atomic mass is 16.5. The number of rotatable bonds is 5. The van der Waals surface area contributed by atoms with Crippen LogP contribution in [0.3, 0.4) is 0 Å². The molecule has 0 aliphatic carbocycles. The van der Waals surface area contributed by atoms with Gasteiger partial charge in [0.25, 0.3) is 0 Å². The quantitative estimate of drug-likeness (QED) is 0.849. The van der Waals surface area contributed by atoms with E-state index in [4.69, 9.17) is 10.00 Å². The van der Waals surface area contributed by atoms with Crippen molar-refractivity contribution >= 4 is 0 Å². The molecule has 3 heteroatoms. The second kappa shape index (κ2) is 6.27. The van der Waals surface area contributed by atoms with Gasteiger partial charge in [0.2, 0.25) is 0 Å². The Morgan fingerprint density at radius 3 is 2.35 bits per heavy atom. The number of hydrogen-bond acceptors (Lipinski definition) is 3. The Balaban J connectivity index is 2.97. The van der Waals surface area contributed by atoms with Gasteiger partial charge >= 0.3 is 0 Å². The Hall–Kier alpha value is -1.53. The van der Waals surface area contributed by atoms with E-state index < -0.39 is 0 Å². The number of nitrogens with zero attached hydrogens (tertiary/aromatic N) is 1. The van der Waals surface area contributed by atoms with Crippen molar-refractivity contribution in [3.63, 3.8) is 0 Å². The highest BCUT2D eigenvalue weighted by Crippen LogP contribution is 2.26. The fourth-order valence-electron chi connectivity index (χ4n) is 1.88. The summed E-state index contributed by atoms with van der Waals surface area (Å²) in [5.74, 6) is 0.846. The second-order valence-electron chi connectivity index (χ2n) is 4.23. The van der Waals surface area contributed by atoms with Crippen LogP contribution in [0.1, 0.15) is 30.0 Å². The minimum Gasteiger partial charge on any atom is -0.475 e. The topological polar surface area (TPSA) is 45.0 Å². The third kappa shape index (κ3) is 3.47. The Morgan fingerprint density at radius 1 is 1.35 bits per heavy atom. The molecular weight excluding hydrogens is 212 g/mol. The molecule has 0 bridgehead atoms. The molecule has 0 aliphatic heterocycles. The summed E-state index contributed by atoms with van der Waals surface area (Å²) in [7, 11) is 1.93. The smallest absolute Gasteiger partial charge is 0.184 e. The van der Waals surface area contributed by atoms with Crippen LogP contribution in [0.2, 0.25) is 0 Å². The van der Waals surface area contributed by atoms with E-state index in [-0.39, 0.29) is 6.10 Å². The maximum atomic E-state index is 8.92. The summed E-state index contributed by atoms with van der Waals surface area (Å²) in [4.78, 5) is 0. The lowest BCUT2D eigenvalue weighted by atomic mass is 10.1. The van der Waals surface area contributed by atoms with Gasteiger partial charge in [0.05, 0.1) is 0 Å². The second-order valence-corrected chi connectivity index (χ2v) is 4.23. The first kappa shape index (κ1) is 13.5. The van der Waals surface area contributed by atoms with Crippen molar-refractivity contribution in [2.75, 3.05) is 7.05 Å². The van der Waals surface area contributed by atoms with E-state index in [1.807, 2.05) is 27.8 Å². The minimum atomic E-state index is -0.359. The van der Waals surface area contributed by atoms with Gasteiger partial charge in [0.1, 0.15) is 11.8 Å². The molecule has 1 atom stereocenters. The molecule has 1 aromatic carbocycles. The first-order valence-electron chi connectivity index (χ1n) is 5.93. The molecule has 0 amide bonds. The molecule has 0 spiro atoms. The predicted molar refractivity (Wildman–Crippen MR) is 69.0 cm³/mol. The van der Waals surface area contributed by atoms with Crippen molar-refractivity contribution in [2.24, 2.45) is 0 Å². The van der Waals surface area contributed by atoms with E-state index in [1.54, 1.807) is 0 Å². The van der Waals surface area contributed by atoms with E-state index in [0.717, 1.165) is 23.4 Å². The van der Waals surface area contributed by atoms with Gasteiger partial charge in [0, 0.05) is 6.54 Å². The van der Waals surface area contributed by atoms with Crippen LogP contribution in [0.15, 0.2) is 12.1 Å². The Labute approximate surface area is 103 Å². The van der Waals surface area contributed by atoms with Gasteiger partial charge in [-0.05, 0) is 44.0 Å². The molecule has 0 heterocycles. The lowest BCUT2D eigenvalue weighted by Gasteiger charge is -2.16. The number of nitrogens with one attached hydrogen (secondary N) is 1. The van der Waals surface area contributed by atoms with Crippen molar-refractivity contribution in [3.8, 4) is 11.8 Å². The van der Waals surface area contributed by atoms with Crippen LogP contribution >= 0.6 is 0 Å². The fourth-order valence-corrected chi connectivity index (χ4v) is 1.88. The molecule has 1 rings (SSSR count). The van der Waals surface area contributed by atoms with Crippen molar-refractivity contribution in [1.82, 2.24) is 5.32 Å². The van der Waals surface area contributed by atoms with Crippen molar-refractivity contribution < 1.29 is 4.74 Å². The Morgan fingerprint density at radius 2 is 1.94 bits per heavy atom. The van der Waals surface area contributed by atoms with Gasteiger partial charge in [0.15, 0.2) is 6.10 Å². The van der Waals surface area contributed by atoms with Gasteiger partial charge < -0.3 is 10.1 Å². The van der Waals surface area contributed by atoms with Crippen LogP contribution in [0, 0.1) is 25.2 Å². The molecule has 0 aliphatic rings. The third-order valence-electron chi connectivity index (χ3n) is 2.68. The van der Waals surface area contributed by atoms with Gasteiger partial charge in [-0.2, -0.15) is 5.26 Å². The van der Waals surface area contributed by atoms with Gasteiger partial charge in [-0.1, -0.05) is 19.1 Å². The summed E-state index contributed by atoms with van der Waals surface area (Å²) >= 11 is 0. The molecule has 0 fully saturated rings. The molecule has 1 N–H and O–H groups in total. The summed E-state index contributed by atoms with van der Waals surface area (Å²) in [6, 6.07) is 6.36. The molecule has 3 nitrogen and oxygen atoms in total. The molecule has 92 valence electrons. The maximum absolute atomic E-state index is 8.92. The first-order chi connectivity index (χ1) is 8.12. The predicted octanol–water partition coefficient (Wildman–Crippen LogP) is 2.70. The largest absolute Gasteiger partial charge is 0.475 e. The standard InChI is InChI=1S/C14H20N2O/c1-5-13(8-15)17-14-10(2)6-12(9-16-4)7-11(14)3/h6-7,13,16H,5,9H2,1-4H3. The zero-order chi connectivity index (χ0) is 12.8. The molecule has 0 aromatic heterocycles. The Bertz CT molecular complexity index is 398. The van der Waals surface area contributed by atoms with E-state index in [0.29, 0.717) is 6.42 Å². The normalized spacial score (nSPS) is 11.9. The maximum Gasteiger partial charge on any atom is 0.184 e. The van der Waals surface area contributed by atoms with Crippen LogP contribution in [0.5, 0.6) is 5.75 Å². The summed E-state index contributed by atoms with van der Waals surface area (Å²) in [5.41, 5.74) is 3.41. The number of ether oxygens (including phenoxy) is 1. The first-order valence-corrected chi connectivity index (χ1v) is 5.93. The number of aryl methyl sites for hydroxylation is 2. The summed E-state index contributed by atoms with van der Waals surface area (Å²) in [5, 5.41) is 12.1. The fraction of sp³-hybridized carbons (Fsp3) is 0.500. The molecule has 1 unspecified atom stereocenters. The van der Waals surface area contributed by atoms with Crippen molar-refractivity contribution in [1.29, 1.82) is 5.26 Å². The molecular formula is C14H20N2O. The van der Waals surface area contributed by atoms with Crippen LogP contribution in [0.4, 0.5) is 0 Å². The van der Waals surface area contributed by atoms with Crippen molar-refractivity contribution in [2.45, 2.75) is 39.8 Å². The van der Waals surface area contributed by atoms with Crippen LogP contribution in [-0.4, -0.2) is 13.2 Å². The Kier molecular flexibility index (Phi) is 4.99. The summed E-state index contributed by atoms with van der Waals surface area (Å²) in [6.45, 7) is 6.84. The van der Waals surface area contributed by atoms with Crippen LogP contribution in [0.25, 0.3) is 0 Å². The monoisotopic (exact) mass is 232 g/mol.